The third-order valence-corrected chi connectivity index (χ3v) is 15.9. The van der Waals surface area contributed by atoms with E-state index in [0.717, 1.165) is 31.1 Å². The van der Waals surface area contributed by atoms with E-state index in [9.17, 15) is 9.59 Å². The lowest BCUT2D eigenvalue weighted by Gasteiger charge is -2.34. The fourth-order valence-electron chi connectivity index (χ4n) is 5.92. The first kappa shape index (κ1) is 29.8. The first-order valence-corrected chi connectivity index (χ1v) is 18.7. The third kappa shape index (κ3) is 6.06. The van der Waals surface area contributed by atoms with Crippen molar-refractivity contribution >= 4 is 59.7 Å². The molecule has 4 nitrogen and oxygen atoms in total. The summed E-state index contributed by atoms with van der Waals surface area (Å²) >= 11 is 0. The van der Waals surface area contributed by atoms with E-state index < -0.39 is 35.0 Å². The first-order chi connectivity index (χ1) is 22.1. The average Bonchev–Trinajstić information content (AvgIpc) is 3.12. The Bertz CT molecular complexity index is 1500. The second-order valence-electron chi connectivity index (χ2n) is 10.7. The minimum atomic E-state index is -3.35. The number of carbonyl (C=O) groups excluding carboxylic acids is 2. The number of benzene rings is 6. The highest BCUT2D eigenvalue weighted by Gasteiger charge is 2.48. The normalized spacial score (nSPS) is 11.4. The highest BCUT2D eigenvalue weighted by molar-refractivity contribution is 7.08. The van der Waals surface area contributed by atoms with Gasteiger partial charge in [-0.1, -0.05) is 182 Å². The first-order valence-electron chi connectivity index (χ1n) is 14.9. The van der Waals surface area contributed by atoms with Crippen LogP contribution in [-0.4, -0.2) is 28.6 Å². The molecule has 0 aromatic heterocycles. The summed E-state index contributed by atoms with van der Waals surface area (Å²) in [6.45, 7) is 0. The molecule has 0 unspecified atom stereocenters. The van der Waals surface area contributed by atoms with Gasteiger partial charge >= 0.3 is 28.6 Å². The molecule has 0 bridgehead atoms. The lowest BCUT2D eigenvalue weighted by molar-refractivity contribution is -0.144. The van der Waals surface area contributed by atoms with Crippen LogP contribution in [0.2, 0.25) is 0 Å². The zero-order chi connectivity index (χ0) is 31.0. The Labute approximate surface area is 265 Å². The van der Waals surface area contributed by atoms with Gasteiger partial charge in [-0.2, -0.15) is 0 Å². The van der Waals surface area contributed by atoms with Crippen molar-refractivity contribution in [2.24, 2.45) is 0 Å². The molecule has 0 spiro atoms. The van der Waals surface area contributed by atoms with Gasteiger partial charge in [0, 0.05) is 0 Å². The number of hydrogen-bond donors (Lipinski definition) is 0. The smallest absolute Gasteiger partial charge is 0.350 e. The largest absolute Gasteiger partial charge is 0.505 e. The van der Waals surface area contributed by atoms with E-state index in [1.54, 1.807) is 0 Å². The third-order valence-electron chi connectivity index (χ3n) is 7.90. The van der Waals surface area contributed by atoms with Gasteiger partial charge in [0.05, 0.1) is 0 Å². The van der Waals surface area contributed by atoms with E-state index in [0.29, 0.717) is 0 Å². The Morgan fingerprint density at radius 1 is 0.333 bits per heavy atom. The fourth-order valence-corrected chi connectivity index (χ4v) is 13.4. The van der Waals surface area contributed by atoms with Crippen LogP contribution in [0.1, 0.15) is 6.42 Å². The summed E-state index contributed by atoms with van der Waals surface area (Å²) in [5.41, 5.74) is 0. The Hall–Kier alpha value is -5.31. The van der Waals surface area contributed by atoms with E-state index in [1.165, 1.54) is 0 Å². The van der Waals surface area contributed by atoms with Crippen LogP contribution >= 0.6 is 0 Å². The quantitative estimate of drug-likeness (QED) is 0.133. The second-order valence-corrected chi connectivity index (χ2v) is 17.3. The van der Waals surface area contributed by atoms with Crippen LogP contribution < -0.4 is 31.1 Å². The van der Waals surface area contributed by atoms with Crippen LogP contribution in [0.3, 0.4) is 0 Å². The topological polar surface area (TPSA) is 52.6 Å². The number of hydrogen-bond acceptors (Lipinski definition) is 4. The van der Waals surface area contributed by atoms with Gasteiger partial charge in [0.1, 0.15) is 6.42 Å². The van der Waals surface area contributed by atoms with Crippen LogP contribution in [0, 0.1) is 0 Å². The SMILES string of the molecule is O=C(CC(=O)O[Si](c1ccccc1)(c1ccccc1)c1ccccc1)O[Si](c1ccccc1)(c1ccccc1)c1ccccc1. The molecule has 0 N–H and O–H groups in total. The van der Waals surface area contributed by atoms with Gasteiger partial charge < -0.3 is 8.85 Å². The second kappa shape index (κ2) is 13.6. The van der Waals surface area contributed by atoms with E-state index in [1.807, 2.05) is 182 Å². The van der Waals surface area contributed by atoms with Gasteiger partial charge in [0.2, 0.25) is 0 Å². The molecule has 0 radical (unpaired) electrons. The van der Waals surface area contributed by atoms with Gasteiger partial charge in [0.15, 0.2) is 0 Å². The van der Waals surface area contributed by atoms with Crippen molar-refractivity contribution in [1.29, 1.82) is 0 Å². The zero-order valence-electron chi connectivity index (χ0n) is 24.7. The van der Waals surface area contributed by atoms with Crippen molar-refractivity contribution in [1.82, 2.24) is 0 Å². The molecule has 6 aromatic rings. The molecule has 0 amide bonds. The van der Waals surface area contributed by atoms with Crippen molar-refractivity contribution in [2.75, 3.05) is 0 Å². The van der Waals surface area contributed by atoms with E-state index in [2.05, 4.69) is 0 Å². The number of rotatable bonds is 10. The molecular formula is C39H32O4Si2. The van der Waals surface area contributed by atoms with Crippen LogP contribution in [0.5, 0.6) is 0 Å². The van der Waals surface area contributed by atoms with Crippen LogP contribution in [0.4, 0.5) is 0 Å². The summed E-state index contributed by atoms with van der Waals surface area (Å²) in [4.78, 5) is 28.0. The molecule has 0 saturated heterocycles. The van der Waals surface area contributed by atoms with Gasteiger partial charge in [-0.25, -0.2) is 0 Å². The Morgan fingerprint density at radius 2 is 0.511 bits per heavy atom. The molecule has 0 atom stereocenters. The molecule has 0 saturated carbocycles. The molecule has 45 heavy (non-hydrogen) atoms. The van der Waals surface area contributed by atoms with Crippen molar-refractivity contribution < 1.29 is 18.4 Å². The molecule has 6 rings (SSSR count). The van der Waals surface area contributed by atoms with Crippen molar-refractivity contribution in [2.45, 2.75) is 6.42 Å². The number of carbonyl (C=O) groups is 2. The Kier molecular flexibility index (Phi) is 8.96. The maximum atomic E-state index is 14.0. The molecule has 0 aliphatic carbocycles. The molecule has 6 aromatic carbocycles. The van der Waals surface area contributed by atoms with Crippen LogP contribution in [-0.2, 0) is 18.4 Å². The monoisotopic (exact) mass is 620 g/mol. The summed E-state index contributed by atoms with van der Waals surface area (Å²) in [5, 5.41) is 5.45. The molecule has 0 aliphatic heterocycles. The highest BCUT2D eigenvalue weighted by Crippen LogP contribution is 2.14. The lowest BCUT2D eigenvalue weighted by atomic mass is 10.3. The van der Waals surface area contributed by atoms with Gasteiger partial charge in [-0.3, -0.25) is 9.59 Å². The maximum Gasteiger partial charge on any atom is 0.350 e. The molecule has 0 heterocycles. The summed E-state index contributed by atoms with van der Waals surface area (Å²) < 4.78 is 13.2. The molecule has 0 fully saturated rings. The van der Waals surface area contributed by atoms with Crippen molar-refractivity contribution in [3.05, 3.63) is 182 Å². The van der Waals surface area contributed by atoms with Crippen molar-refractivity contribution in [3.8, 4) is 0 Å². The molecule has 0 aliphatic rings. The lowest BCUT2D eigenvalue weighted by Crippen LogP contribution is -2.70. The van der Waals surface area contributed by atoms with Crippen molar-refractivity contribution in [3.63, 3.8) is 0 Å². The summed E-state index contributed by atoms with van der Waals surface area (Å²) in [5.74, 6) is -1.25. The van der Waals surface area contributed by atoms with E-state index in [4.69, 9.17) is 8.85 Å². The predicted octanol–water partition coefficient (Wildman–Crippen LogP) is 3.80. The minimum Gasteiger partial charge on any atom is -0.505 e. The minimum absolute atomic E-state index is 0.525. The molecule has 220 valence electrons. The molecule has 6 heteroatoms. The molecular weight excluding hydrogens is 589 g/mol. The summed E-state index contributed by atoms with van der Waals surface area (Å²) in [7, 11) is -6.70. The summed E-state index contributed by atoms with van der Waals surface area (Å²) in [6.07, 6.45) is -0.525. The van der Waals surface area contributed by atoms with E-state index >= 15 is 0 Å². The van der Waals surface area contributed by atoms with Crippen LogP contribution in [0.15, 0.2) is 182 Å². The van der Waals surface area contributed by atoms with E-state index in [-0.39, 0.29) is 0 Å². The van der Waals surface area contributed by atoms with Gasteiger partial charge in [0.25, 0.3) is 0 Å². The average molecular weight is 621 g/mol. The predicted molar refractivity (Wildman–Crippen MR) is 185 cm³/mol. The van der Waals surface area contributed by atoms with Gasteiger partial charge in [-0.05, 0) is 31.1 Å². The standard InChI is InChI=1S/C39H32O4Si2/c40-38(42-44(32-19-7-1-8-20-32,33-21-9-2-10-22-33)34-23-11-3-12-24-34)31-39(41)43-45(35-25-13-4-14-26-35,36-27-15-5-16-28-36)37-29-17-6-18-30-37/h1-30H,31H2. The maximum absolute atomic E-state index is 14.0. The summed E-state index contributed by atoms with van der Waals surface area (Å²) in [6, 6.07) is 59.0. The zero-order valence-corrected chi connectivity index (χ0v) is 26.7. The van der Waals surface area contributed by atoms with Gasteiger partial charge in [-0.15, -0.1) is 0 Å². The fraction of sp³-hybridized carbons (Fsp3) is 0.0256. The Morgan fingerprint density at radius 3 is 0.689 bits per heavy atom. The highest BCUT2D eigenvalue weighted by atomic mass is 28.4. The Balaban J connectivity index is 1.40. The van der Waals surface area contributed by atoms with Crippen LogP contribution in [0.25, 0.3) is 0 Å².